The topological polar surface area (TPSA) is 101 Å². The Kier molecular flexibility index (Phi) is 9.64. The van der Waals surface area contributed by atoms with Gasteiger partial charge in [-0.3, -0.25) is 0 Å². The van der Waals surface area contributed by atoms with Gasteiger partial charge in [0.25, 0.3) is 0 Å². The highest BCUT2D eigenvalue weighted by Crippen LogP contribution is 2.39. The number of hydrogen-bond acceptors (Lipinski definition) is 6. The summed E-state index contributed by atoms with van der Waals surface area (Å²) in [6, 6.07) is 9.78. The van der Waals surface area contributed by atoms with Crippen LogP contribution in [0, 0.1) is 5.41 Å². The van der Waals surface area contributed by atoms with Crippen LogP contribution in [0.4, 0.5) is 4.79 Å². The fourth-order valence-electron chi connectivity index (χ4n) is 4.14. The van der Waals surface area contributed by atoms with Crippen LogP contribution in [-0.4, -0.2) is 48.0 Å². The van der Waals surface area contributed by atoms with Crippen LogP contribution in [0.2, 0.25) is 23.2 Å². The summed E-state index contributed by atoms with van der Waals surface area (Å²) in [4.78, 5) is 16.6. The lowest BCUT2D eigenvalue weighted by atomic mass is 9.86. The molecule has 0 saturated carbocycles. The quantitative estimate of drug-likeness (QED) is 0.241. The molecule has 0 bridgehead atoms. The summed E-state index contributed by atoms with van der Waals surface area (Å²) in [6.07, 6.45) is 0.687. The molecule has 1 amide bonds. The number of fused-ring (bicyclic) bond motifs is 1. The molecule has 2 N–H and O–H groups in total. The van der Waals surface area contributed by atoms with Crippen LogP contribution in [0.1, 0.15) is 67.9 Å². The predicted molar refractivity (Wildman–Crippen MR) is 164 cm³/mol. The van der Waals surface area contributed by atoms with Crippen molar-refractivity contribution in [3.8, 4) is 17.0 Å². The number of ether oxygens (including phenoxy) is 2. The molecule has 0 radical (unpaired) electrons. The summed E-state index contributed by atoms with van der Waals surface area (Å²) in [6.45, 7) is 21.5. The smallest absolute Gasteiger partial charge is 0.404 e. The maximum absolute atomic E-state index is 11.7. The van der Waals surface area contributed by atoms with Gasteiger partial charge in [-0.25, -0.2) is 14.5 Å². The monoisotopic (exact) mass is 588 g/mol. The number of nitrogens with zero attached hydrogens (tertiary/aromatic N) is 3. The van der Waals surface area contributed by atoms with Gasteiger partial charge in [-0.05, 0) is 55.6 Å². The number of rotatable bonds is 10. The van der Waals surface area contributed by atoms with Gasteiger partial charge in [0.1, 0.15) is 18.5 Å². The fraction of sp³-hybridized carbons (Fsp3) is 0.567. The van der Waals surface area contributed by atoms with Crippen LogP contribution in [0.3, 0.4) is 0 Å². The molecule has 40 heavy (non-hydrogen) atoms. The Labute approximate surface area is 244 Å². The van der Waals surface area contributed by atoms with Crippen LogP contribution in [0.25, 0.3) is 22.3 Å². The van der Waals surface area contributed by atoms with Gasteiger partial charge in [0.15, 0.2) is 14.0 Å². The second kappa shape index (κ2) is 12.1. The summed E-state index contributed by atoms with van der Waals surface area (Å²) in [5.74, 6) is 0.680. The zero-order chi connectivity index (χ0) is 30.0. The van der Waals surface area contributed by atoms with E-state index in [4.69, 9.17) is 36.2 Å². The summed E-state index contributed by atoms with van der Waals surface area (Å²) < 4.78 is 20.5. The lowest BCUT2D eigenvalue weighted by Crippen LogP contribution is -2.47. The highest BCUT2D eigenvalue weighted by Gasteiger charge is 2.41. The first-order valence-electron chi connectivity index (χ1n) is 13.8. The van der Waals surface area contributed by atoms with Gasteiger partial charge in [-0.15, -0.1) is 0 Å². The van der Waals surface area contributed by atoms with Crippen LogP contribution < -0.4 is 10.5 Å². The van der Waals surface area contributed by atoms with Crippen molar-refractivity contribution in [2.24, 2.45) is 11.1 Å². The zero-order valence-electron chi connectivity index (χ0n) is 25.5. The third-order valence-corrected chi connectivity index (χ3v) is 12.4. The summed E-state index contributed by atoms with van der Waals surface area (Å²) in [7, 11) is -2.16. The molecule has 10 heteroatoms. The van der Waals surface area contributed by atoms with Crippen molar-refractivity contribution in [1.29, 1.82) is 0 Å². The lowest BCUT2D eigenvalue weighted by Gasteiger charge is -2.41. The molecular weight excluding hydrogens is 544 g/mol. The van der Waals surface area contributed by atoms with E-state index in [0.29, 0.717) is 17.2 Å². The molecule has 3 aromatic rings. The van der Waals surface area contributed by atoms with Crippen LogP contribution >= 0.6 is 11.6 Å². The largest absolute Gasteiger partial charge is 0.491 e. The number of nitrogens with two attached hydrogens (primary N) is 1. The predicted octanol–water partition coefficient (Wildman–Crippen LogP) is 8.00. The van der Waals surface area contributed by atoms with Crippen LogP contribution in [0.5, 0.6) is 5.75 Å². The van der Waals surface area contributed by atoms with Gasteiger partial charge >= 0.3 is 6.09 Å². The molecule has 0 saturated heterocycles. The Morgan fingerprint density at radius 3 is 2.38 bits per heavy atom. The Bertz CT molecular complexity index is 1330. The van der Waals surface area contributed by atoms with Gasteiger partial charge in [0.05, 0.1) is 28.4 Å². The molecule has 0 aliphatic rings. The van der Waals surface area contributed by atoms with E-state index in [9.17, 15) is 4.79 Å². The van der Waals surface area contributed by atoms with Crippen molar-refractivity contribution in [1.82, 2.24) is 14.8 Å². The van der Waals surface area contributed by atoms with Crippen molar-refractivity contribution in [3.05, 3.63) is 41.6 Å². The van der Waals surface area contributed by atoms with E-state index in [-0.39, 0.29) is 29.2 Å². The second-order valence-electron chi connectivity index (χ2n) is 13.3. The van der Waals surface area contributed by atoms with Gasteiger partial charge in [-0.2, -0.15) is 5.10 Å². The number of carbonyl (C=O) groups excluding carboxylic acids is 1. The van der Waals surface area contributed by atoms with Gasteiger partial charge < -0.3 is 19.6 Å². The average Bonchev–Trinajstić information content (AvgIpc) is 3.25. The molecule has 0 fully saturated rings. The summed E-state index contributed by atoms with van der Waals surface area (Å²) in [5.41, 5.74) is 7.46. The molecule has 0 aliphatic carbocycles. The van der Waals surface area contributed by atoms with Crippen LogP contribution in [0.15, 0.2) is 36.5 Å². The molecule has 1 aromatic carbocycles. The van der Waals surface area contributed by atoms with Crippen molar-refractivity contribution in [2.45, 2.75) is 98.2 Å². The van der Waals surface area contributed by atoms with E-state index in [1.807, 2.05) is 55.8 Å². The second-order valence-corrected chi connectivity index (χ2v) is 18.4. The molecular formula is C30H45ClN4O4Si. The number of halogens is 1. The van der Waals surface area contributed by atoms with Crippen molar-refractivity contribution >= 4 is 37.0 Å². The van der Waals surface area contributed by atoms with Gasteiger partial charge in [0, 0.05) is 18.0 Å². The summed E-state index contributed by atoms with van der Waals surface area (Å²) in [5, 5.41) is 5.88. The molecule has 220 valence electrons. The molecule has 3 rings (SSSR count). The number of carbonyl (C=O) groups is 1. The molecule has 8 nitrogen and oxygen atoms in total. The van der Waals surface area contributed by atoms with E-state index in [2.05, 4.69) is 52.8 Å². The number of benzene rings is 1. The Hall–Kier alpha value is -2.62. The maximum atomic E-state index is 11.7. The first-order valence-corrected chi connectivity index (χ1v) is 17.1. The number of pyridine rings is 1. The van der Waals surface area contributed by atoms with E-state index in [1.165, 1.54) is 0 Å². The molecule has 2 aromatic heterocycles. The molecule has 2 heterocycles. The first kappa shape index (κ1) is 31.9. The highest BCUT2D eigenvalue weighted by atomic mass is 35.5. The van der Waals surface area contributed by atoms with Gasteiger partial charge in [-0.1, -0.05) is 65.3 Å². The Balaban J connectivity index is 1.89. The Morgan fingerprint density at radius 2 is 1.80 bits per heavy atom. The number of hydrogen-bond donors (Lipinski definition) is 1. The third kappa shape index (κ3) is 7.76. The van der Waals surface area contributed by atoms with Crippen LogP contribution in [-0.2, 0) is 9.16 Å². The van der Waals surface area contributed by atoms with Crippen molar-refractivity contribution in [3.63, 3.8) is 0 Å². The molecule has 2 atom stereocenters. The number of aromatic nitrogens is 3. The standard InChI is InChI=1S/C30H45ClN4O4Si/c1-19(2)35-27-23(17-33-35)24(31)16-25(34-27)20-12-11-13-21(14-20)37-18-22(39-40(9,10)30(6,7)8)15-26(29(3,4)5)38-28(32)36/h11-14,16-17,19,22,26H,15,18H2,1-10H3,(H2,32,36). The summed E-state index contributed by atoms with van der Waals surface area (Å²) >= 11 is 6.61. The van der Waals surface area contributed by atoms with E-state index in [0.717, 1.165) is 22.3 Å². The normalized spacial score (nSPS) is 14.4. The molecule has 2 unspecified atom stereocenters. The zero-order valence-corrected chi connectivity index (χ0v) is 27.3. The van der Waals surface area contributed by atoms with Gasteiger partial charge in [0.2, 0.25) is 0 Å². The third-order valence-electron chi connectivity index (χ3n) is 7.54. The van der Waals surface area contributed by atoms with E-state index in [1.54, 1.807) is 6.20 Å². The highest BCUT2D eigenvalue weighted by molar-refractivity contribution is 6.74. The SMILES string of the molecule is CC(C)n1ncc2c(Cl)cc(-c3cccc(OCC(CC(OC(N)=O)C(C)(C)C)O[Si](C)(C)C(C)(C)C)c3)nc21. The number of primary amides is 1. The van der Waals surface area contributed by atoms with E-state index < -0.39 is 20.5 Å². The Morgan fingerprint density at radius 1 is 1.12 bits per heavy atom. The van der Waals surface area contributed by atoms with Crippen molar-refractivity contribution < 1.29 is 18.7 Å². The minimum Gasteiger partial charge on any atom is -0.491 e. The number of amides is 1. The van der Waals surface area contributed by atoms with Crippen molar-refractivity contribution in [2.75, 3.05) is 6.61 Å². The molecule has 0 spiro atoms. The minimum atomic E-state index is -2.16. The maximum Gasteiger partial charge on any atom is 0.404 e. The molecule has 0 aliphatic heterocycles. The van der Waals surface area contributed by atoms with E-state index >= 15 is 0 Å². The first-order chi connectivity index (χ1) is 18.4. The minimum absolute atomic E-state index is 0.000963. The fourth-order valence-corrected chi connectivity index (χ4v) is 5.73. The lowest BCUT2D eigenvalue weighted by molar-refractivity contribution is -0.00686. The average molecular weight is 589 g/mol.